The quantitative estimate of drug-likeness (QED) is 0.822. The molecule has 0 saturated heterocycles. The number of carbonyl (C=O) groups is 3. The molecule has 1 fully saturated rings. The van der Waals surface area contributed by atoms with E-state index in [0.29, 0.717) is 24.2 Å². The van der Waals surface area contributed by atoms with E-state index in [-0.39, 0.29) is 12.2 Å². The van der Waals surface area contributed by atoms with Crippen LogP contribution in [-0.2, 0) is 19.8 Å². The van der Waals surface area contributed by atoms with Crippen LogP contribution < -0.4 is 4.74 Å². The van der Waals surface area contributed by atoms with E-state index in [1.165, 1.54) is 6.08 Å². The lowest BCUT2D eigenvalue weighted by Crippen LogP contribution is -2.42. The lowest BCUT2D eigenvalue weighted by Gasteiger charge is -2.35. The van der Waals surface area contributed by atoms with Gasteiger partial charge in [0, 0.05) is 30.6 Å². The Balaban J connectivity index is 2.06. The normalized spacial score (nSPS) is 25.5. The third-order valence-electron chi connectivity index (χ3n) is 4.52. The summed E-state index contributed by atoms with van der Waals surface area (Å²) >= 11 is 0. The lowest BCUT2D eigenvalue weighted by molar-refractivity contribution is -0.132. The van der Waals surface area contributed by atoms with Crippen LogP contribution in [0.15, 0.2) is 36.4 Å². The van der Waals surface area contributed by atoms with Crippen molar-refractivity contribution < 1.29 is 29.3 Å². The van der Waals surface area contributed by atoms with E-state index in [9.17, 15) is 14.4 Å². The molecule has 2 aliphatic rings. The predicted octanol–water partition coefficient (Wildman–Crippen LogP) is 2.18. The van der Waals surface area contributed by atoms with Crippen LogP contribution in [0.25, 0.3) is 6.08 Å². The summed E-state index contributed by atoms with van der Waals surface area (Å²) in [5, 5.41) is 17.7. The second kappa shape index (κ2) is 5.96. The first-order valence-corrected chi connectivity index (χ1v) is 7.57. The summed E-state index contributed by atoms with van der Waals surface area (Å²) in [5.41, 5.74) is 0.805. The topological polar surface area (TPSA) is 101 Å². The molecule has 6 heteroatoms. The second-order valence-corrected chi connectivity index (χ2v) is 5.99. The van der Waals surface area contributed by atoms with Crippen molar-refractivity contribution in [3.63, 3.8) is 0 Å². The minimum atomic E-state index is -1.06. The van der Waals surface area contributed by atoms with Gasteiger partial charge < -0.3 is 14.9 Å². The number of rotatable bonds is 4. The summed E-state index contributed by atoms with van der Waals surface area (Å²) < 4.78 is 5.89. The average Bonchev–Trinajstić information content (AvgIpc) is 2.84. The molecule has 0 spiro atoms. The highest BCUT2D eigenvalue weighted by molar-refractivity contribution is 5.86. The van der Waals surface area contributed by atoms with Gasteiger partial charge in [-0.15, -0.1) is 0 Å². The molecule has 1 aromatic carbocycles. The van der Waals surface area contributed by atoms with E-state index in [0.717, 1.165) is 17.7 Å². The third kappa shape index (κ3) is 2.82. The molecule has 3 rings (SSSR count). The van der Waals surface area contributed by atoms with Crippen LogP contribution in [0, 0.1) is 0 Å². The minimum Gasteiger partial charge on any atom is -0.488 e. The maximum Gasteiger partial charge on any atom is 0.328 e. The van der Waals surface area contributed by atoms with Crippen LogP contribution in [0.1, 0.15) is 30.4 Å². The summed E-state index contributed by atoms with van der Waals surface area (Å²) in [6.07, 6.45) is 5.83. The van der Waals surface area contributed by atoms with Crippen LogP contribution in [0.4, 0.5) is 0 Å². The molecule has 24 heavy (non-hydrogen) atoms. The van der Waals surface area contributed by atoms with Gasteiger partial charge in [-0.1, -0.05) is 12.1 Å². The number of carboxylic acid groups (broad SMARTS) is 2. The monoisotopic (exact) mass is 328 g/mol. The number of aliphatic carboxylic acids is 2. The van der Waals surface area contributed by atoms with Gasteiger partial charge in [-0.2, -0.15) is 0 Å². The van der Waals surface area contributed by atoms with Gasteiger partial charge in [-0.25, -0.2) is 9.59 Å². The first kappa shape index (κ1) is 16.0. The zero-order valence-electron chi connectivity index (χ0n) is 12.8. The van der Waals surface area contributed by atoms with Gasteiger partial charge in [-0.05, 0) is 30.2 Å². The Bertz CT molecular complexity index is 776. The van der Waals surface area contributed by atoms with Gasteiger partial charge in [0.1, 0.15) is 17.6 Å². The molecular weight excluding hydrogens is 312 g/mol. The minimum absolute atomic E-state index is 0.0955. The largest absolute Gasteiger partial charge is 0.488 e. The molecule has 0 amide bonds. The van der Waals surface area contributed by atoms with Crippen molar-refractivity contribution in [3.05, 3.63) is 47.6 Å². The second-order valence-electron chi connectivity index (χ2n) is 5.99. The van der Waals surface area contributed by atoms with Crippen molar-refractivity contribution in [1.29, 1.82) is 0 Å². The molecule has 1 aliphatic heterocycles. The van der Waals surface area contributed by atoms with Crippen molar-refractivity contribution in [2.45, 2.75) is 30.8 Å². The molecule has 0 bridgehead atoms. The summed E-state index contributed by atoms with van der Waals surface area (Å²) in [4.78, 5) is 33.4. The number of ketones is 1. The zero-order valence-corrected chi connectivity index (χ0v) is 12.8. The van der Waals surface area contributed by atoms with Gasteiger partial charge in [-0.3, -0.25) is 4.79 Å². The van der Waals surface area contributed by atoms with Gasteiger partial charge in [0.15, 0.2) is 0 Å². The van der Waals surface area contributed by atoms with Crippen molar-refractivity contribution in [2.75, 3.05) is 0 Å². The molecule has 2 atom stereocenters. The molecule has 1 aliphatic carbocycles. The Morgan fingerprint density at radius 1 is 1.21 bits per heavy atom. The maximum absolute atomic E-state index is 11.8. The van der Waals surface area contributed by atoms with Gasteiger partial charge in [0.2, 0.25) is 0 Å². The Morgan fingerprint density at radius 2 is 1.96 bits per heavy atom. The van der Waals surface area contributed by atoms with Crippen LogP contribution in [0.2, 0.25) is 0 Å². The number of fused-ring (bicyclic) bond motifs is 3. The highest BCUT2D eigenvalue weighted by atomic mass is 16.5. The fourth-order valence-electron chi connectivity index (χ4n) is 3.39. The highest BCUT2D eigenvalue weighted by Gasteiger charge is 2.50. The summed E-state index contributed by atoms with van der Waals surface area (Å²) in [6, 6.07) is 5.26. The van der Waals surface area contributed by atoms with Crippen molar-refractivity contribution in [1.82, 2.24) is 0 Å². The van der Waals surface area contributed by atoms with Crippen molar-refractivity contribution >= 4 is 23.8 Å². The number of hydrogen-bond donors (Lipinski definition) is 2. The molecule has 2 N–H and O–H groups in total. The summed E-state index contributed by atoms with van der Waals surface area (Å²) in [7, 11) is 0. The first-order valence-electron chi connectivity index (χ1n) is 7.57. The Labute approximate surface area is 138 Å². The number of hydrogen-bond acceptors (Lipinski definition) is 4. The number of ether oxygens (including phenoxy) is 1. The molecule has 6 nitrogen and oxygen atoms in total. The fraction of sp³-hybridized carbons (Fsp3) is 0.278. The molecule has 1 saturated carbocycles. The van der Waals surface area contributed by atoms with Gasteiger partial charge in [0.05, 0.1) is 5.41 Å². The number of carbonyl (C=O) groups excluding carboxylic acids is 1. The van der Waals surface area contributed by atoms with E-state index in [1.807, 2.05) is 0 Å². The van der Waals surface area contributed by atoms with E-state index in [4.69, 9.17) is 14.9 Å². The van der Waals surface area contributed by atoms with Gasteiger partial charge >= 0.3 is 11.9 Å². The van der Waals surface area contributed by atoms with Crippen LogP contribution in [0.5, 0.6) is 5.75 Å². The van der Waals surface area contributed by atoms with E-state index in [1.54, 1.807) is 24.3 Å². The first-order chi connectivity index (χ1) is 11.4. The maximum atomic E-state index is 11.8. The average molecular weight is 328 g/mol. The van der Waals surface area contributed by atoms with E-state index >= 15 is 0 Å². The predicted molar refractivity (Wildman–Crippen MR) is 84.8 cm³/mol. The van der Waals surface area contributed by atoms with Crippen LogP contribution >= 0.6 is 0 Å². The van der Waals surface area contributed by atoms with Crippen LogP contribution in [0.3, 0.4) is 0 Å². The Hall–Kier alpha value is -2.89. The molecule has 1 heterocycles. The third-order valence-corrected chi connectivity index (χ3v) is 4.52. The number of Topliss-reactive ketones (excluding diaryl/α,β-unsaturated/α-hetero) is 1. The smallest absolute Gasteiger partial charge is 0.328 e. The fourth-order valence-corrected chi connectivity index (χ4v) is 3.39. The molecular formula is C18H16O6. The van der Waals surface area contributed by atoms with E-state index in [2.05, 4.69) is 0 Å². The molecule has 0 radical (unpaired) electrons. The zero-order chi connectivity index (χ0) is 17.3. The molecule has 124 valence electrons. The summed E-state index contributed by atoms with van der Waals surface area (Å²) in [6.45, 7) is 0. The van der Waals surface area contributed by atoms with Gasteiger partial charge in [0.25, 0.3) is 0 Å². The summed E-state index contributed by atoms with van der Waals surface area (Å²) in [5.74, 6) is -1.40. The molecule has 0 aromatic heterocycles. The number of carboxylic acids is 2. The van der Waals surface area contributed by atoms with E-state index < -0.39 is 23.5 Å². The Kier molecular flexibility index (Phi) is 3.97. The SMILES string of the molecule is O=C(O)/C=C/c1ccc2c(c1)[C@@]1(/C=C/C(=O)O)CCC(=O)C[C@H]1O2. The Morgan fingerprint density at radius 3 is 2.67 bits per heavy atom. The standard InChI is InChI=1S/C18H16O6/c19-12-5-7-18(8-6-17(22)23)13-9-11(2-4-16(20)21)1-3-14(13)24-15(18)10-12/h1-4,6,8-9,15H,5,7,10H2,(H,20,21)(H,22,23)/b4-2+,8-6+/t15-,18+/m1/s1. The van der Waals surface area contributed by atoms with Crippen molar-refractivity contribution in [3.8, 4) is 5.75 Å². The van der Waals surface area contributed by atoms with Crippen molar-refractivity contribution in [2.24, 2.45) is 0 Å². The van der Waals surface area contributed by atoms with Crippen LogP contribution in [-0.4, -0.2) is 34.0 Å². The highest BCUT2D eigenvalue weighted by Crippen LogP contribution is 2.50. The lowest BCUT2D eigenvalue weighted by atomic mass is 9.68. The molecule has 1 aromatic rings. The molecule has 0 unspecified atom stereocenters. The number of benzene rings is 1.